The molecule has 0 aromatic rings. The Hall–Kier alpha value is -0.0900. The van der Waals surface area contributed by atoms with Gasteiger partial charge < -0.3 is 4.90 Å². The Bertz CT molecular complexity index is 333. The molecular formula is C19H45NO2S. The Morgan fingerprint density at radius 1 is 0.957 bits per heavy atom. The van der Waals surface area contributed by atoms with Crippen LogP contribution in [0.4, 0.5) is 0 Å². The standard InChI is InChI=1S/C11H21NO2S.4C2H6/c1-10-3-4-11(7-10)8-12(9-11)5-6-15(2,13)14;4*1-2/h10H,3-9H2,1-2H3;4*1-2H3. The summed E-state index contributed by atoms with van der Waals surface area (Å²) in [6.07, 6.45) is 5.38. The largest absolute Gasteiger partial charge is 0.301 e. The minimum Gasteiger partial charge on any atom is -0.301 e. The van der Waals surface area contributed by atoms with E-state index in [0.29, 0.717) is 11.2 Å². The van der Waals surface area contributed by atoms with Crippen LogP contribution in [0.1, 0.15) is 81.6 Å². The van der Waals surface area contributed by atoms with Crippen molar-refractivity contribution >= 4 is 9.84 Å². The van der Waals surface area contributed by atoms with Crippen molar-refractivity contribution in [3.05, 3.63) is 0 Å². The molecule has 4 heteroatoms. The molecule has 0 amide bonds. The molecule has 2 fully saturated rings. The molecule has 2 aliphatic rings. The first-order chi connectivity index (χ1) is 10.9. The zero-order chi connectivity index (χ0) is 19.1. The van der Waals surface area contributed by atoms with Crippen LogP contribution < -0.4 is 0 Å². The van der Waals surface area contributed by atoms with Crippen LogP contribution >= 0.6 is 0 Å². The van der Waals surface area contributed by atoms with E-state index >= 15 is 0 Å². The van der Waals surface area contributed by atoms with Gasteiger partial charge in [-0.25, -0.2) is 8.42 Å². The predicted molar refractivity (Wildman–Crippen MR) is 107 cm³/mol. The van der Waals surface area contributed by atoms with E-state index in [1.54, 1.807) is 0 Å². The predicted octanol–water partition coefficient (Wildman–Crippen LogP) is 5.26. The lowest BCUT2D eigenvalue weighted by Crippen LogP contribution is -2.55. The lowest BCUT2D eigenvalue weighted by molar-refractivity contribution is 0.00860. The summed E-state index contributed by atoms with van der Waals surface area (Å²) in [7, 11) is -2.78. The molecule has 1 aliphatic carbocycles. The number of hydrogen-bond acceptors (Lipinski definition) is 3. The van der Waals surface area contributed by atoms with Crippen molar-refractivity contribution in [3.63, 3.8) is 0 Å². The number of nitrogens with zero attached hydrogens (tertiary/aromatic N) is 1. The third-order valence-corrected chi connectivity index (χ3v) is 4.77. The summed E-state index contributed by atoms with van der Waals surface area (Å²) in [5.74, 6) is 1.19. The van der Waals surface area contributed by atoms with Crippen molar-refractivity contribution in [2.75, 3.05) is 31.6 Å². The average Bonchev–Trinajstić information content (AvgIpc) is 2.93. The molecule has 3 nitrogen and oxygen atoms in total. The summed E-state index contributed by atoms with van der Waals surface area (Å²) >= 11 is 0. The van der Waals surface area contributed by atoms with E-state index < -0.39 is 9.84 Å². The second-order valence-corrected chi connectivity index (χ2v) is 7.95. The molecule has 144 valence electrons. The maximum atomic E-state index is 11.0. The van der Waals surface area contributed by atoms with Crippen LogP contribution in [0.25, 0.3) is 0 Å². The molecule has 0 N–H and O–H groups in total. The molecule has 1 saturated carbocycles. The molecule has 1 heterocycles. The van der Waals surface area contributed by atoms with Crippen LogP contribution in [0.5, 0.6) is 0 Å². The average molecular weight is 352 g/mol. The highest BCUT2D eigenvalue weighted by atomic mass is 32.2. The van der Waals surface area contributed by atoms with E-state index in [-0.39, 0.29) is 0 Å². The molecule has 0 bridgehead atoms. The fraction of sp³-hybridized carbons (Fsp3) is 1.00. The number of hydrogen-bond donors (Lipinski definition) is 0. The van der Waals surface area contributed by atoms with E-state index in [1.807, 2.05) is 55.4 Å². The second kappa shape index (κ2) is 15.4. The van der Waals surface area contributed by atoms with Gasteiger partial charge in [-0.2, -0.15) is 0 Å². The summed E-state index contributed by atoms with van der Waals surface area (Å²) in [4.78, 5) is 2.29. The first-order valence-corrected chi connectivity index (χ1v) is 11.8. The van der Waals surface area contributed by atoms with Crippen LogP contribution in [-0.4, -0.2) is 45.0 Å². The van der Waals surface area contributed by atoms with Gasteiger partial charge in [-0.1, -0.05) is 68.7 Å². The van der Waals surface area contributed by atoms with Gasteiger partial charge in [-0.3, -0.25) is 0 Å². The summed E-state index contributed by atoms with van der Waals surface area (Å²) in [5, 5.41) is 0. The Morgan fingerprint density at radius 3 is 1.70 bits per heavy atom. The van der Waals surface area contributed by atoms with Crippen LogP contribution in [-0.2, 0) is 9.84 Å². The van der Waals surface area contributed by atoms with Gasteiger partial charge in [-0.05, 0) is 24.2 Å². The zero-order valence-electron chi connectivity index (χ0n) is 17.7. The van der Waals surface area contributed by atoms with Crippen molar-refractivity contribution in [2.45, 2.75) is 81.6 Å². The summed E-state index contributed by atoms with van der Waals surface area (Å²) < 4.78 is 22.0. The molecule has 2 rings (SSSR count). The lowest BCUT2D eigenvalue weighted by atomic mass is 9.78. The van der Waals surface area contributed by atoms with Crippen molar-refractivity contribution in [1.29, 1.82) is 0 Å². The van der Waals surface area contributed by atoms with Gasteiger partial charge in [-0.15, -0.1) is 0 Å². The quantitative estimate of drug-likeness (QED) is 0.696. The second-order valence-electron chi connectivity index (χ2n) is 5.69. The monoisotopic (exact) mass is 351 g/mol. The first kappa shape index (κ1) is 27.7. The van der Waals surface area contributed by atoms with E-state index in [9.17, 15) is 8.42 Å². The zero-order valence-corrected chi connectivity index (χ0v) is 18.5. The highest BCUT2D eigenvalue weighted by Crippen LogP contribution is 2.47. The molecule has 1 aliphatic heterocycles. The van der Waals surface area contributed by atoms with E-state index in [0.717, 1.165) is 25.6 Å². The maximum Gasteiger partial charge on any atom is 0.148 e. The molecule has 0 radical (unpaired) electrons. The smallest absolute Gasteiger partial charge is 0.148 e. The highest BCUT2D eigenvalue weighted by Gasteiger charge is 2.46. The van der Waals surface area contributed by atoms with E-state index in [4.69, 9.17) is 0 Å². The van der Waals surface area contributed by atoms with Crippen molar-refractivity contribution in [3.8, 4) is 0 Å². The van der Waals surface area contributed by atoms with Crippen molar-refractivity contribution in [2.24, 2.45) is 11.3 Å². The lowest BCUT2D eigenvalue weighted by Gasteiger charge is -2.48. The van der Waals surface area contributed by atoms with Crippen LogP contribution in [0.2, 0.25) is 0 Å². The van der Waals surface area contributed by atoms with Gasteiger partial charge in [0.25, 0.3) is 0 Å². The van der Waals surface area contributed by atoms with Crippen molar-refractivity contribution < 1.29 is 8.42 Å². The Balaban J connectivity index is -0.000000438. The topological polar surface area (TPSA) is 37.4 Å². The van der Waals surface area contributed by atoms with Gasteiger partial charge in [0.2, 0.25) is 0 Å². The fourth-order valence-corrected chi connectivity index (χ4v) is 3.73. The third kappa shape index (κ3) is 12.0. The van der Waals surface area contributed by atoms with Gasteiger partial charge in [0.1, 0.15) is 9.84 Å². The molecular weight excluding hydrogens is 306 g/mol. The molecule has 1 spiro atoms. The van der Waals surface area contributed by atoms with E-state index in [2.05, 4.69) is 11.8 Å². The fourth-order valence-electron chi connectivity index (χ4n) is 3.14. The molecule has 0 aromatic carbocycles. The Kier molecular flexibility index (Phi) is 18.6. The maximum absolute atomic E-state index is 11.0. The summed E-state index contributed by atoms with van der Waals surface area (Å²) in [6.45, 7) is 21.3. The normalized spacial score (nSPS) is 21.0. The van der Waals surface area contributed by atoms with E-state index in [1.165, 1.54) is 25.5 Å². The third-order valence-electron chi connectivity index (χ3n) is 3.85. The Morgan fingerprint density at radius 2 is 1.39 bits per heavy atom. The minimum atomic E-state index is -2.78. The molecule has 1 saturated heterocycles. The van der Waals surface area contributed by atoms with Gasteiger partial charge >= 0.3 is 0 Å². The molecule has 1 atom stereocenters. The van der Waals surface area contributed by atoms with Gasteiger partial charge in [0.15, 0.2) is 0 Å². The number of rotatable bonds is 3. The minimum absolute atomic E-state index is 0.318. The van der Waals surface area contributed by atoms with Crippen molar-refractivity contribution in [1.82, 2.24) is 4.90 Å². The van der Waals surface area contributed by atoms with Crippen LogP contribution in [0, 0.1) is 11.3 Å². The van der Waals surface area contributed by atoms with Crippen LogP contribution in [0.3, 0.4) is 0 Å². The molecule has 23 heavy (non-hydrogen) atoms. The molecule has 1 unspecified atom stereocenters. The highest BCUT2D eigenvalue weighted by molar-refractivity contribution is 7.90. The number of likely N-dealkylation sites (tertiary alicyclic amines) is 1. The van der Waals surface area contributed by atoms with Gasteiger partial charge in [0, 0.05) is 25.9 Å². The molecule has 0 aromatic heterocycles. The Labute approximate surface area is 148 Å². The summed E-state index contributed by atoms with van der Waals surface area (Å²) in [5.41, 5.74) is 0.566. The van der Waals surface area contributed by atoms with Crippen LogP contribution in [0.15, 0.2) is 0 Å². The van der Waals surface area contributed by atoms with Gasteiger partial charge in [0.05, 0.1) is 5.75 Å². The number of sulfone groups is 1. The first-order valence-electron chi connectivity index (χ1n) is 9.79. The summed E-state index contributed by atoms with van der Waals surface area (Å²) in [6, 6.07) is 0. The SMILES string of the molecule is CC.CC.CC.CC.CC1CCC2(C1)CN(CCS(C)(=O)=O)C2.